The summed E-state index contributed by atoms with van der Waals surface area (Å²) in [7, 11) is 2.08. The number of carbonyl (C=O) groups is 1. The Morgan fingerprint density at radius 1 is 1.53 bits per heavy atom. The fraction of sp³-hybridized carbons (Fsp3) is 0.400. The average molecular weight is 259 g/mol. The Bertz CT molecular complexity index is 470. The second kappa shape index (κ2) is 6.38. The van der Waals surface area contributed by atoms with Crippen LogP contribution in [-0.4, -0.2) is 37.0 Å². The van der Waals surface area contributed by atoms with Gasteiger partial charge in [-0.2, -0.15) is 0 Å². The maximum atomic E-state index is 11.8. The largest absolute Gasteiger partial charge is 0.399 e. The van der Waals surface area contributed by atoms with Crippen LogP contribution in [0.15, 0.2) is 30.3 Å². The van der Waals surface area contributed by atoms with Gasteiger partial charge in [-0.05, 0) is 50.2 Å². The molecule has 102 valence electrons. The van der Waals surface area contributed by atoms with E-state index in [0.29, 0.717) is 5.69 Å². The minimum atomic E-state index is -0.0391. The van der Waals surface area contributed by atoms with E-state index in [1.807, 2.05) is 24.3 Å². The average Bonchev–Trinajstić information content (AvgIpc) is 2.36. The van der Waals surface area contributed by atoms with Crippen LogP contribution in [0.4, 0.5) is 5.69 Å². The molecule has 1 aromatic carbocycles. The molecular weight excluding hydrogens is 238 g/mol. The Kier molecular flexibility index (Phi) is 4.58. The van der Waals surface area contributed by atoms with E-state index in [1.165, 1.54) is 0 Å². The molecule has 0 radical (unpaired) electrons. The van der Waals surface area contributed by atoms with E-state index in [2.05, 4.69) is 17.3 Å². The molecular formula is C15H21N3O. The number of likely N-dealkylation sites (N-methyl/N-ethyl adjacent to an activating group) is 1. The quantitative estimate of drug-likeness (QED) is 0.639. The van der Waals surface area contributed by atoms with Gasteiger partial charge in [0.1, 0.15) is 0 Å². The van der Waals surface area contributed by atoms with Crippen molar-refractivity contribution in [2.45, 2.75) is 18.9 Å². The number of benzene rings is 1. The third kappa shape index (κ3) is 4.41. The fourth-order valence-corrected chi connectivity index (χ4v) is 2.37. The molecule has 1 aliphatic heterocycles. The van der Waals surface area contributed by atoms with Crippen LogP contribution in [-0.2, 0) is 4.79 Å². The number of nitrogens with one attached hydrogen (secondary N) is 1. The first-order valence-electron chi connectivity index (χ1n) is 6.66. The van der Waals surface area contributed by atoms with Gasteiger partial charge in [0.05, 0.1) is 0 Å². The summed E-state index contributed by atoms with van der Waals surface area (Å²) in [5.74, 6) is -0.0391. The van der Waals surface area contributed by atoms with E-state index < -0.39 is 0 Å². The third-order valence-corrected chi connectivity index (χ3v) is 3.31. The molecule has 1 aromatic rings. The molecule has 4 nitrogen and oxygen atoms in total. The van der Waals surface area contributed by atoms with Crippen LogP contribution in [0.2, 0.25) is 0 Å². The van der Waals surface area contributed by atoms with E-state index in [-0.39, 0.29) is 11.9 Å². The van der Waals surface area contributed by atoms with Crippen molar-refractivity contribution in [3.63, 3.8) is 0 Å². The zero-order chi connectivity index (χ0) is 13.7. The molecule has 0 aliphatic carbocycles. The number of likely N-dealkylation sites (tertiary alicyclic amines) is 1. The highest BCUT2D eigenvalue weighted by Crippen LogP contribution is 2.09. The van der Waals surface area contributed by atoms with Crippen LogP contribution in [0.3, 0.4) is 0 Å². The van der Waals surface area contributed by atoms with Gasteiger partial charge in [0.25, 0.3) is 0 Å². The van der Waals surface area contributed by atoms with Gasteiger partial charge in [-0.1, -0.05) is 12.1 Å². The van der Waals surface area contributed by atoms with Crippen molar-refractivity contribution in [3.8, 4) is 0 Å². The summed E-state index contributed by atoms with van der Waals surface area (Å²) in [5.41, 5.74) is 7.34. The lowest BCUT2D eigenvalue weighted by molar-refractivity contribution is -0.117. The van der Waals surface area contributed by atoms with Gasteiger partial charge in [-0.15, -0.1) is 0 Å². The van der Waals surface area contributed by atoms with Crippen molar-refractivity contribution >= 4 is 17.7 Å². The first kappa shape index (κ1) is 13.6. The van der Waals surface area contributed by atoms with E-state index in [0.717, 1.165) is 31.5 Å². The van der Waals surface area contributed by atoms with Crippen molar-refractivity contribution in [2.75, 3.05) is 25.9 Å². The predicted molar refractivity (Wildman–Crippen MR) is 78.6 cm³/mol. The number of carbonyl (C=O) groups excluding carboxylic acids is 1. The second-order valence-electron chi connectivity index (χ2n) is 5.11. The Morgan fingerprint density at radius 3 is 3.11 bits per heavy atom. The highest BCUT2D eigenvalue weighted by atomic mass is 16.1. The first-order chi connectivity index (χ1) is 9.13. The zero-order valence-corrected chi connectivity index (χ0v) is 11.3. The van der Waals surface area contributed by atoms with Crippen LogP contribution in [0.25, 0.3) is 6.08 Å². The molecule has 0 aromatic heterocycles. The van der Waals surface area contributed by atoms with E-state index >= 15 is 0 Å². The summed E-state index contributed by atoms with van der Waals surface area (Å²) in [6, 6.07) is 7.74. The molecule has 0 bridgehead atoms. The molecule has 19 heavy (non-hydrogen) atoms. The lowest BCUT2D eigenvalue weighted by atomic mass is 10.1. The lowest BCUT2D eigenvalue weighted by Crippen LogP contribution is -2.45. The maximum absolute atomic E-state index is 11.8. The van der Waals surface area contributed by atoms with Crippen molar-refractivity contribution in [1.82, 2.24) is 10.2 Å². The molecule has 1 atom stereocenters. The summed E-state index contributed by atoms with van der Waals surface area (Å²) in [6.45, 7) is 2.05. The van der Waals surface area contributed by atoms with Crippen molar-refractivity contribution in [1.29, 1.82) is 0 Å². The highest BCUT2D eigenvalue weighted by molar-refractivity contribution is 5.92. The number of nitrogens with zero attached hydrogens (tertiary/aromatic N) is 1. The first-order valence-corrected chi connectivity index (χ1v) is 6.66. The number of hydrogen-bond acceptors (Lipinski definition) is 3. The number of nitrogens with two attached hydrogens (primary N) is 1. The van der Waals surface area contributed by atoms with Crippen LogP contribution < -0.4 is 11.1 Å². The van der Waals surface area contributed by atoms with Gasteiger partial charge in [-0.25, -0.2) is 0 Å². The number of rotatable bonds is 3. The Balaban J connectivity index is 1.87. The molecule has 1 fully saturated rings. The Labute approximate surface area is 114 Å². The van der Waals surface area contributed by atoms with E-state index in [4.69, 9.17) is 5.73 Å². The van der Waals surface area contributed by atoms with Gasteiger partial charge >= 0.3 is 0 Å². The number of nitrogen functional groups attached to an aromatic ring is 1. The number of piperidine rings is 1. The minimum absolute atomic E-state index is 0.0391. The minimum Gasteiger partial charge on any atom is -0.399 e. The summed E-state index contributed by atoms with van der Waals surface area (Å²) >= 11 is 0. The smallest absolute Gasteiger partial charge is 0.244 e. The van der Waals surface area contributed by atoms with Gasteiger partial charge in [0.2, 0.25) is 5.91 Å². The summed E-state index contributed by atoms with van der Waals surface area (Å²) in [4.78, 5) is 14.1. The highest BCUT2D eigenvalue weighted by Gasteiger charge is 2.17. The molecule has 0 saturated carbocycles. The summed E-state index contributed by atoms with van der Waals surface area (Å²) in [6.07, 6.45) is 5.56. The molecule has 0 spiro atoms. The summed E-state index contributed by atoms with van der Waals surface area (Å²) < 4.78 is 0. The van der Waals surface area contributed by atoms with E-state index in [1.54, 1.807) is 12.2 Å². The predicted octanol–water partition coefficient (Wildman–Crippen LogP) is 1.49. The Hall–Kier alpha value is -1.81. The van der Waals surface area contributed by atoms with E-state index in [9.17, 15) is 4.79 Å². The van der Waals surface area contributed by atoms with Gasteiger partial charge in [0, 0.05) is 24.4 Å². The topological polar surface area (TPSA) is 58.4 Å². The van der Waals surface area contributed by atoms with Crippen LogP contribution in [0.1, 0.15) is 18.4 Å². The van der Waals surface area contributed by atoms with Crippen LogP contribution in [0, 0.1) is 0 Å². The molecule has 3 N–H and O–H groups in total. The number of amides is 1. The van der Waals surface area contributed by atoms with Crippen molar-refractivity contribution in [2.24, 2.45) is 0 Å². The molecule has 1 heterocycles. The molecule has 2 rings (SSSR count). The lowest BCUT2D eigenvalue weighted by Gasteiger charge is -2.29. The number of hydrogen-bond donors (Lipinski definition) is 2. The Morgan fingerprint density at radius 2 is 2.37 bits per heavy atom. The molecule has 1 aliphatic rings. The maximum Gasteiger partial charge on any atom is 0.244 e. The molecule has 1 amide bonds. The zero-order valence-electron chi connectivity index (χ0n) is 11.3. The number of anilines is 1. The normalized spacial score (nSPS) is 20.6. The SMILES string of the molecule is CN1CCCC(NC(=O)/C=C/c2cccc(N)c2)C1. The molecule has 4 heteroatoms. The van der Waals surface area contributed by atoms with Gasteiger partial charge in [-0.3, -0.25) is 4.79 Å². The van der Waals surface area contributed by atoms with Crippen molar-refractivity contribution in [3.05, 3.63) is 35.9 Å². The second-order valence-corrected chi connectivity index (χ2v) is 5.11. The van der Waals surface area contributed by atoms with Gasteiger partial charge < -0.3 is 16.0 Å². The fourth-order valence-electron chi connectivity index (χ4n) is 2.37. The summed E-state index contributed by atoms with van der Waals surface area (Å²) in [5, 5.41) is 3.04. The molecule has 1 unspecified atom stereocenters. The van der Waals surface area contributed by atoms with Crippen LogP contribution >= 0.6 is 0 Å². The van der Waals surface area contributed by atoms with Crippen molar-refractivity contribution < 1.29 is 4.79 Å². The molecule has 1 saturated heterocycles. The third-order valence-electron chi connectivity index (χ3n) is 3.31. The monoisotopic (exact) mass is 259 g/mol. The standard InChI is InChI=1S/C15H21N3O/c1-18-9-3-6-14(11-18)17-15(19)8-7-12-4-2-5-13(16)10-12/h2,4-5,7-8,10,14H,3,6,9,11,16H2,1H3,(H,17,19)/b8-7+. The van der Waals surface area contributed by atoms with Crippen LogP contribution in [0.5, 0.6) is 0 Å². The van der Waals surface area contributed by atoms with Gasteiger partial charge in [0.15, 0.2) is 0 Å².